The van der Waals surface area contributed by atoms with Crippen LogP contribution in [-0.4, -0.2) is 27.6 Å². The lowest BCUT2D eigenvalue weighted by Crippen LogP contribution is -2.12. The van der Waals surface area contributed by atoms with E-state index in [1.54, 1.807) is 18.2 Å². The minimum Gasteiger partial charge on any atom is -0.478 e. The van der Waals surface area contributed by atoms with E-state index in [4.69, 9.17) is 11.6 Å². The molecule has 0 spiro atoms. The monoisotopic (exact) mass is 416 g/mol. The number of anilines is 2. The Morgan fingerprint density at radius 2 is 2.00 bits per heavy atom. The molecule has 0 radical (unpaired) electrons. The van der Waals surface area contributed by atoms with Gasteiger partial charge < -0.3 is 10.4 Å². The first-order chi connectivity index (χ1) is 13.5. The summed E-state index contributed by atoms with van der Waals surface area (Å²) in [5.74, 6) is 0.983. The Morgan fingerprint density at radius 1 is 1.21 bits per heavy atom. The number of hydrogen-bond donors (Lipinski definition) is 2. The van der Waals surface area contributed by atoms with Crippen molar-refractivity contribution in [1.82, 2.24) is 4.98 Å². The summed E-state index contributed by atoms with van der Waals surface area (Å²) < 4.78 is 14.0. The van der Waals surface area contributed by atoms with Gasteiger partial charge in [-0.3, -0.25) is 4.98 Å². The molecule has 3 aromatic rings. The maximum absolute atomic E-state index is 14.0. The average molecular weight is 417 g/mol. The molecule has 0 unspecified atom stereocenters. The van der Waals surface area contributed by atoms with Crippen LogP contribution in [0.15, 0.2) is 42.6 Å². The van der Waals surface area contributed by atoms with Crippen molar-refractivity contribution in [3.8, 4) is 0 Å². The Labute approximate surface area is 171 Å². The third kappa shape index (κ3) is 3.80. The van der Waals surface area contributed by atoms with Gasteiger partial charge in [0.2, 0.25) is 0 Å². The Bertz CT molecular complexity index is 1050. The van der Waals surface area contributed by atoms with Crippen LogP contribution in [0.2, 0.25) is 5.02 Å². The van der Waals surface area contributed by atoms with Crippen LogP contribution in [0.5, 0.6) is 0 Å². The lowest BCUT2D eigenvalue weighted by Gasteiger charge is -2.25. The van der Waals surface area contributed by atoms with Crippen molar-refractivity contribution in [2.75, 3.05) is 16.8 Å². The minimum absolute atomic E-state index is 0.0685. The van der Waals surface area contributed by atoms with Gasteiger partial charge >= 0.3 is 5.97 Å². The van der Waals surface area contributed by atoms with Crippen molar-refractivity contribution in [2.24, 2.45) is 0 Å². The second kappa shape index (κ2) is 7.97. The molecule has 4 rings (SSSR count). The van der Waals surface area contributed by atoms with Crippen LogP contribution < -0.4 is 5.32 Å². The van der Waals surface area contributed by atoms with Crippen LogP contribution in [0, 0.1) is 5.82 Å². The number of nitrogens with one attached hydrogen (secondary N) is 1. The average Bonchev–Trinajstić information content (AvgIpc) is 2.70. The molecule has 1 aliphatic rings. The molecule has 1 aromatic heterocycles. The first-order valence-electron chi connectivity index (χ1n) is 8.98. The Kier molecular flexibility index (Phi) is 5.42. The van der Waals surface area contributed by atoms with E-state index in [0.29, 0.717) is 33.2 Å². The van der Waals surface area contributed by atoms with Gasteiger partial charge in [-0.1, -0.05) is 11.6 Å². The molecule has 144 valence electrons. The number of carboxylic acid groups (broad SMARTS) is 1. The third-order valence-electron chi connectivity index (χ3n) is 4.99. The molecule has 28 heavy (non-hydrogen) atoms. The smallest absolute Gasteiger partial charge is 0.337 e. The van der Waals surface area contributed by atoms with Gasteiger partial charge in [-0.25, -0.2) is 9.18 Å². The quantitative estimate of drug-likeness (QED) is 0.539. The van der Waals surface area contributed by atoms with Crippen molar-refractivity contribution in [3.63, 3.8) is 0 Å². The Hall–Kier alpha value is -2.31. The van der Waals surface area contributed by atoms with E-state index in [0.717, 1.165) is 29.9 Å². The van der Waals surface area contributed by atoms with Gasteiger partial charge in [0.05, 0.1) is 22.5 Å². The number of thioether (sulfide) groups is 1. The van der Waals surface area contributed by atoms with Gasteiger partial charge in [-0.05, 0) is 72.2 Å². The number of rotatable bonds is 4. The van der Waals surface area contributed by atoms with Crippen molar-refractivity contribution < 1.29 is 14.3 Å². The van der Waals surface area contributed by atoms with Gasteiger partial charge in [0.25, 0.3) is 0 Å². The number of pyridine rings is 1. The number of aromatic nitrogens is 1. The first-order valence-corrected chi connectivity index (χ1v) is 10.5. The largest absolute Gasteiger partial charge is 0.478 e. The van der Waals surface area contributed by atoms with Gasteiger partial charge in [-0.15, -0.1) is 0 Å². The summed E-state index contributed by atoms with van der Waals surface area (Å²) in [6.07, 6.45) is 3.85. The lowest BCUT2D eigenvalue weighted by atomic mass is 9.91. The highest BCUT2D eigenvalue weighted by Crippen LogP contribution is 2.40. The number of hydrogen-bond acceptors (Lipinski definition) is 4. The SMILES string of the molecule is O=C(O)c1cc(Cl)ccc1Nc1c(C2CCSCC2)cnc2ccc(F)cc12. The van der Waals surface area contributed by atoms with Crippen LogP contribution in [0.1, 0.15) is 34.7 Å². The van der Waals surface area contributed by atoms with Crippen LogP contribution in [-0.2, 0) is 0 Å². The van der Waals surface area contributed by atoms with Crippen LogP contribution in [0.3, 0.4) is 0 Å². The molecular weight excluding hydrogens is 399 g/mol. The molecule has 1 fully saturated rings. The van der Waals surface area contributed by atoms with E-state index in [2.05, 4.69) is 10.3 Å². The normalized spacial score (nSPS) is 14.9. The van der Waals surface area contributed by atoms with Crippen molar-refractivity contribution in [2.45, 2.75) is 18.8 Å². The van der Waals surface area contributed by atoms with Gasteiger partial charge in [0, 0.05) is 16.6 Å². The molecule has 0 saturated carbocycles. The third-order valence-corrected chi connectivity index (χ3v) is 6.28. The summed E-state index contributed by atoms with van der Waals surface area (Å²) >= 11 is 7.90. The first kappa shape index (κ1) is 19.0. The van der Waals surface area contributed by atoms with Crippen LogP contribution in [0.25, 0.3) is 10.9 Å². The number of benzene rings is 2. The number of aromatic carboxylic acids is 1. The number of carbonyl (C=O) groups is 1. The molecule has 1 saturated heterocycles. The van der Waals surface area contributed by atoms with Gasteiger partial charge in [-0.2, -0.15) is 11.8 Å². The Morgan fingerprint density at radius 3 is 2.75 bits per heavy atom. The molecule has 7 heteroatoms. The molecule has 2 heterocycles. The highest BCUT2D eigenvalue weighted by Gasteiger charge is 2.22. The summed E-state index contributed by atoms with van der Waals surface area (Å²) in [7, 11) is 0. The molecule has 0 aliphatic carbocycles. The van der Waals surface area contributed by atoms with Crippen molar-refractivity contribution in [1.29, 1.82) is 0 Å². The second-order valence-electron chi connectivity index (χ2n) is 6.76. The van der Waals surface area contributed by atoms with E-state index in [-0.39, 0.29) is 11.4 Å². The molecule has 0 amide bonds. The van der Waals surface area contributed by atoms with E-state index < -0.39 is 5.97 Å². The van der Waals surface area contributed by atoms with Gasteiger partial charge in [0.1, 0.15) is 5.82 Å². The summed E-state index contributed by atoms with van der Waals surface area (Å²) in [6, 6.07) is 9.14. The summed E-state index contributed by atoms with van der Waals surface area (Å²) in [5.41, 5.74) is 2.85. The zero-order valence-electron chi connectivity index (χ0n) is 14.9. The molecule has 2 aromatic carbocycles. The molecular formula is C21H18ClFN2O2S. The number of carboxylic acids is 1. The molecule has 4 nitrogen and oxygen atoms in total. The predicted octanol–water partition coefficient (Wildman–Crippen LogP) is 6.08. The fourth-order valence-electron chi connectivity index (χ4n) is 3.57. The second-order valence-corrected chi connectivity index (χ2v) is 8.42. The van der Waals surface area contributed by atoms with E-state index in [9.17, 15) is 14.3 Å². The topological polar surface area (TPSA) is 62.2 Å². The zero-order chi connectivity index (χ0) is 19.7. The predicted molar refractivity (Wildman–Crippen MR) is 113 cm³/mol. The molecule has 0 bridgehead atoms. The lowest BCUT2D eigenvalue weighted by molar-refractivity contribution is 0.0698. The zero-order valence-corrected chi connectivity index (χ0v) is 16.5. The van der Waals surface area contributed by atoms with E-state index in [1.165, 1.54) is 18.2 Å². The highest BCUT2D eigenvalue weighted by atomic mass is 35.5. The maximum atomic E-state index is 14.0. The van der Waals surface area contributed by atoms with Crippen molar-refractivity contribution >= 4 is 51.6 Å². The van der Waals surface area contributed by atoms with Crippen LogP contribution >= 0.6 is 23.4 Å². The summed E-state index contributed by atoms with van der Waals surface area (Å²) in [4.78, 5) is 16.2. The number of fused-ring (bicyclic) bond motifs is 1. The van der Waals surface area contributed by atoms with Crippen LogP contribution in [0.4, 0.5) is 15.8 Å². The standard InChI is InChI=1S/C21H18ClFN2O2S/c22-13-1-3-19(16(9-13)21(26)27)25-20-15-10-14(23)2-4-18(15)24-11-17(20)12-5-7-28-8-6-12/h1-4,9-12H,5-8H2,(H,24,25)(H,26,27). The summed E-state index contributed by atoms with van der Waals surface area (Å²) in [5, 5.41) is 13.8. The number of nitrogens with zero attached hydrogens (tertiary/aromatic N) is 1. The minimum atomic E-state index is -1.08. The fraction of sp³-hybridized carbons (Fsp3) is 0.238. The molecule has 0 atom stereocenters. The maximum Gasteiger partial charge on any atom is 0.337 e. The van der Waals surface area contributed by atoms with Gasteiger partial charge in [0.15, 0.2) is 0 Å². The van der Waals surface area contributed by atoms with E-state index in [1.807, 2.05) is 18.0 Å². The Balaban J connectivity index is 1.88. The molecule has 1 aliphatic heterocycles. The fourth-order valence-corrected chi connectivity index (χ4v) is 4.85. The number of halogens is 2. The van der Waals surface area contributed by atoms with Crippen molar-refractivity contribution in [3.05, 3.63) is 64.6 Å². The summed E-state index contributed by atoms with van der Waals surface area (Å²) in [6.45, 7) is 0. The molecule has 2 N–H and O–H groups in total. The van der Waals surface area contributed by atoms with E-state index >= 15 is 0 Å². The highest BCUT2D eigenvalue weighted by molar-refractivity contribution is 7.99.